The topological polar surface area (TPSA) is 52.8 Å². The lowest BCUT2D eigenvalue weighted by atomic mass is 10.2. The molecule has 0 spiro atoms. The number of aryl methyl sites for hydroxylation is 1. The minimum atomic E-state index is 0.634. The molecule has 0 aliphatic rings. The number of nitrogens with zero attached hydrogens (tertiary/aromatic N) is 4. The third kappa shape index (κ3) is 2.06. The van der Waals surface area contributed by atoms with E-state index in [0.29, 0.717) is 11.5 Å². The third-order valence-electron chi connectivity index (χ3n) is 2.44. The monoisotopic (exact) mass is 304 g/mol. The second-order valence-electron chi connectivity index (χ2n) is 3.82. The van der Waals surface area contributed by atoms with Crippen molar-refractivity contribution in [3.8, 4) is 11.5 Å². The van der Waals surface area contributed by atoms with E-state index < -0.39 is 0 Å². The van der Waals surface area contributed by atoms with Gasteiger partial charge in [0.1, 0.15) is 11.3 Å². The van der Waals surface area contributed by atoms with E-state index >= 15 is 0 Å². The molecule has 0 unspecified atom stereocenters. The summed E-state index contributed by atoms with van der Waals surface area (Å²) < 4.78 is 8.48. The van der Waals surface area contributed by atoms with Gasteiger partial charge in [-0.25, -0.2) is 0 Å². The summed E-state index contributed by atoms with van der Waals surface area (Å²) in [4.78, 5) is 0. The molecule has 0 amide bonds. The van der Waals surface area contributed by atoms with Crippen molar-refractivity contribution in [3.05, 3.63) is 41.3 Å². The van der Waals surface area contributed by atoms with Gasteiger partial charge in [0.15, 0.2) is 5.75 Å². The molecule has 2 aromatic heterocycles. The van der Waals surface area contributed by atoms with E-state index in [2.05, 4.69) is 31.2 Å². The highest BCUT2D eigenvalue weighted by atomic mass is 79.9. The van der Waals surface area contributed by atoms with Gasteiger partial charge < -0.3 is 4.74 Å². The lowest BCUT2D eigenvalue weighted by Crippen LogP contribution is -1.89. The fourth-order valence-corrected chi connectivity index (χ4v) is 2.19. The van der Waals surface area contributed by atoms with Gasteiger partial charge in [-0.3, -0.25) is 4.68 Å². The Hall–Kier alpha value is -1.95. The predicted octanol–water partition coefficient (Wildman–Crippen LogP) is 2.92. The van der Waals surface area contributed by atoms with Crippen LogP contribution in [0.25, 0.3) is 10.9 Å². The molecule has 6 heteroatoms. The minimum Gasteiger partial charge on any atom is -0.453 e. The maximum absolute atomic E-state index is 5.78. The van der Waals surface area contributed by atoms with Crippen LogP contribution in [0.2, 0.25) is 0 Å². The molecule has 0 atom stereocenters. The highest BCUT2D eigenvalue weighted by molar-refractivity contribution is 9.10. The van der Waals surface area contributed by atoms with Gasteiger partial charge in [-0.15, -0.1) is 0 Å². The summed E-state index contributed by atoms with van der Waals surface area (Å²) in [5.74, 6) is 1.32. The molecular formula is C12H9BrN4O. The molecular weight excluding hydrogens is 296 g/mol. The van der Waals surface area contributed by atoms with Crippen LogP contribution in [0.1, 0.15) is 0 Å². The van der Waals surface area contributed by atoms with Gasteiger partial charge in [-0.2, -0.15) is 15.3 Å². The first-order valence-electron chi connectivity index (χ1n) is 5.30. The molecule has 0 aliphatic carbocycles. The standard InChI is InChI=1S/C12H9BrN4O/c1-17-7-8-4-9(13)5-11(12(8)16-17)18-10-2-3-14-15-6-10/h2-7H,1H3. The molecule has 2 heterocycles. The fraction of sp³-hybridized carbons (Fsp3) is 0.0833. The van der Waals surface area contributed by atoms with Crippen molar-refractivity contribution in [2.45, 2.75) is 0 Å². The van der Waals surface area contributed by atoms with Crippen LogP contribution in [0.15, 0.2) is 41.3 Å². The SMILES string of the molecule is Cn1cc2cc(Br)cc(Oc3ccnnc3)c2n1. The van der Waals surface area contributed by atoms with Gasteiger partial charge in [0, 0.05) is 29.2 Å². The van der Waals surface area contributed by atoms with E-state index in [1.165, 1.54) is 0 Å². The minimum absolute atomic E-state index is 0.634. The highest BCUT2D eigenvalue weighted by Crippen LogP contribution is 2.31. The van der Waals surface area contributed by atoms with Crippen LogP contribution < -0.4 is 4.74 Å². The van der Waals surface area contributed by atoms with Crippen LogP contribution in [-0.2, 0) is 7.05 Å². The lowest BCUT2D eigenvalue weighted by molar-refractivity contribution is 0.482. The molecule has 1 aromatic carbocycles. The Bertz CT molecular complexity index is 696. The van der Waals surface area contributed by atoms with Crippen LogP contribution in [0.3, 0.4) is 0 Å². The Morgan fingerprint density at radius 1 is 1.28 bits per heavy atom. The average molecular weight is 305 g/mol. The number of halogens is 1. The molecule has 18 heavy (non-hydrogen) atoms. The zero-order valence-corrected chi connectivity index (χ0v) is 11.1. The zero-order valence-electron chi connectivity index (χ0n) is 9.54. The van der Waals surface area contributed by atoms with E-state index in [-0.39, 0.29) is 0 Å². The molecule has 0 bridgehead atoms. The van der Waals surface area contributed by atoms with Gasteiger partial charge >= 0.3 is 0 Å². The summed E-state index contributed by atoms with van der Waals surface area (Å²) in [7, 11) is 1.88. The average Bonchev–Trinajstić information content (AvgIpc) is 2.71. The molecule has 5 nitrogen and oxygen atoms in total. The largest absolute Gasteiger partial charge is 0.453 e. The number of hydrogen-bond donors (Lipinski definition) is 0. The maximum atomic E-state index is 5.78. The van der Waals surface area contributed by atoms with Crippen molar-refractivity contribution < 1.29 is 4.74 Å². The fourth-order valence-electron chi connectivity index (χ4n) is 1.73. The molecule has 0 radical (unpaired) electrons. The molecule has 0 aliphatic heterocycles. The second kappa shape index (κ2) is 4.38. The summed E-state index contributed by atoms with van der Waals surface area (Å²) in [5, 5.41) is 12.9. The Morgan fingerprint density at radius 2 is 2.17 bits per heavy atom. The summed E-state index contributed by atoms with van der Waals surface area (Å²) in [6.07, 6.45) is 5.09. The van der Waals surface area contributed by atoms with Gasteiger partial charge in [0.25, 0.3) is 0 Å². The van der Waals surface area contributed by atoms with E-state index in [4.69, 9.17) is 4.74 Å². The molecule has 0 saturated carbocycles. The summed E-state index contributed by atoms with van der Waals surface area (Å²) in [5.41, 5.74) is 0.817. The number of benzene rings is 1. The van der Waals surface area contributed by atoms with E-state index in [1.54, 1.807) is 23.1 Å². The van der Waals surface area contributed by atoms with Crippen LogP contribution in [0, 0.1) is 0 Å². The van der Waals surface area contributed by atoms with Gasteiger partial charge in [-0.05, 0) is 12.1 Å². The van der Waals surface area contributed by atoms with Crippen molar-refractivity contribution in [2.24, 2.45) is 7.05 Å². The quantitative estimate of drug-likeness (QED) is 0.730. The normalized spacial score (nSPS) is 10.8. The molecule has 3 rings (SSSR count). The predicted molar refractivity (Wildman–Crippen MR) is 70.5 cm³/mol. The van der Waals surface area contributed by atoms with Gasteiger partial charge in [0.2, 0.25) is 0 Å². The number of aromatic nitrogens is 4. The van der Waals surface area contributed by atoms with Crippen LogP contribution in [0.4, 0.5) is 0 Å². The molecule has 0 saturated heterocycles. The first-order chi connectivity index (χ1) is 8.72. The van der Waals surface area contributed by atoms with Crippen LogP contribution >= 0.6 is 15.9 Å². The molecule has 0 N–H and O–H groups in total. The number of fused-ring (bicyclic) bond motifs is 1. The second-order valence-corrected chi connectivity index (χ2v) is 4.74. The van der Waals surface area contributed by atoms with E-state index in [0.717, 1.165) is 15.4 Å². The maximum Gasteiger partial charge on any atom is 0.156 e. The van der Waals surface area contributed by atoms with Crippen molar-refractivity contribution in [3.63, 3.8) is 0 Å². The van der Waals surface area contributed by atoms with Crippen LogP contribution in [-0.4, -0.2) is 20.0 Å². The van der Waals surface area contributed by atoms with Gasteiger partial charge in [-0.1, -0.05) is 15.9 Å². The zero-order chi connectivity index (χ0) is 12.5. The first-order valence-corrected chi connectivity index (χ1v) is 6.09. The third-order valence-corrected chi connectivity index (χ3v) is 2.90. The van der Waals surface area contributed by atoms with Crippen LogP contribution in [0.5, 0.6) is 11.5 Å². The molecule has 3 aromatic rings. The van der Waals surface area contributed by atoms with Gasteiger partial charge in [0.05, 0.1) is 12.4 Å². The summed E-state index contributed by atoms with van der Waals surface area (Å²) in [6, 6.07) is 5.64. The lowest BCUT2D eigenvalue weighted by Gasteiger charge is -2.05. The highest BCUT2D eigenvalue weighted by Gasteiger charge is 2.09. The summed E-state index contributed by atoms with van der Waals surface area (Å²) in [6.45, 7) is 0. The number of ether oxygens (including phenoxy) is 1. The van der Waals surface area contributed by atoms with Crippen molar-refractivity contribution in [1.82, 2.24) is 20.0 Å². The van der Waals surface area contributed by atoms with Crippen molar-refractivity contribution in [2.75, 3.05) is 0 Å². The van der Waals surface area contributed by atoms with E-state index in [9.17, 15) is 0 Å². The first kappa shape index (κ1) is 11.2. The Labute approximate surface area is 112 Å². The Kier molecular flexibility index (Phi) is 2.71. The number of rotatable bonds is 2. The number of hydrogen-bond acceptors (Lipinski definition) is 4. The Morgan fingerprint density at radius 3 is 2.94 bits per heavy atom. The van der Waals surface area contributed by atoms with E-state index in [1.807, 2.05) is 25.4 Å². The molecule has 0 fully saturated rings. The molecule has 90 valence electrons. The van der Waals surface area contributed by atoms with Crippen molar-refractivity contribution in [1.29, 1.82) is 0 Å². The van der Waals surface area contributed by atoms with Crippen molar-refractivity contribution >= 4 is 26.8 Å². The smallest absolute Gasteiger partial charge is 0.156 e. The Balaban J connectivity index is 2.10. The summed E-state index contributed by atoms with van der Waals surface area (Å²) >= 11 is 3.46.